The Balaban J connectivity index is 3.23. The normalized spacial score (nSPS) is 10.2. The standard InChI is InChI=1S/C9H7Br2ClO/c1-5-2-7(11)8(12)3-6(5)9(13)4-10/h2-3H,4H2,1H3. The second-order valence-electron chi connectivity index (χ2n) is 2.64. The van der Waals surface area contributed by atoms with Gasteiger partial charge in [0.25, 0.3) is 0 Å². The molecule has 1 aromatic carbocycles. The number of carbonyl (C=O) groups is 1. The molecular formula is C9H7Br2ClO. The number of carbonyl (C=O) groups excluding carboxylic acids is 1. The predicted octanol–water partition coefficient (Wildman–Crippen LogP) is 3.99. The van der Waals surface area contributed by atoms with E-state index in [1.54, 1.807) is 6.07 Å². The van der Waals surface area contributed by atoms with Crippen LogP contribution >= 0.6 is 43.5 Å². The van der Waals surface area contributed by atoms with Crippen molar-refractivity contribution in [3.8, 4) is 0 Å². The van der Waals surface area contributed by atoms with Gasteiger partial charge in [-0.15, -0.1) is 0 Å². The molecule has 0 aliphatic carbocycles. The summed E-state index contributed by atoms with van der Waals surface area (Å²) in [5, 5.41) is 0.890. The van der Waals surface area contributed by atoms with E-state index in [2.05, 4.69) is 31.9 Å². The lowest BCUT2D eigenvalue weighted by Gasteiger charge is -2.04. The molecule has 0 radical (unpaired) electrons. The van der Waals surface area contributed by atoms with Crippen LogP contribution in [0.15, 0.2) is 16.6 Å². The van der Waals surface area contributed by atoms with Gasteiger partial charge in [-0.25, -0.2) is 0 Å². The molecule has 0 saturated carbocycles. The van der Waals surface area contributed by atoms with E-state index in [0.717, 1.165) is 10.0 Å². The number of rotatable bonds is 2. The van der Waals surface area contributed by atoms with Gasteiger partial charge in [0.2, 0.25) is 0 Å². The van der Waals surface area contributed by atoms with E-state index in [-0.39, 0.29) is 5.78 Å². The van der Waals surface area contributed by atoms with Gasteiger partial charge in [-0.1, -0.05) is 27.5 Å². The molecule has 0 heterocycles. The fourth-order valence-corrected chi connectivity index (χ4v) is 1.94. The van der Waals surface area contributed by atoms with Crippen molar-refractivity contribution in [2.45, 2.75) is 6.92 Å². The van der Waals surface area contributed by atoms with E-state index in [4.69, 9.17) is 11.6 Å². The topological polar surface area (TPSA) is 17.1 Å². The Morgan fingerprint density at radius 1 is 1.54 bits per heavy atom. The number of alkyl halides is 1. The Kier molecular flexibility index (Phi) is 3.95. The molecular weight excluding hydrogens is 319 g/mol. The summed E-state index contributed by atoms with van der Waals surface area (Å²) in [6, 6.07) is 3.53. The quantitative estimate of drug-likeness (QED) is 0.593. The maximum Gasteiger partial charge on any atom is 0.173 e. The SMILES string of the molecule is Cc1cc(Br)c(Cl)cc1C(=O)CBr. The van der Waals surface area contributed by atoms with Gasteiger partial charge >= 0.3 is 0 Å². The average Bonchev–Trinajstić information content (AvgIpc) is 2.10. The third-order valence-corrected chi connectivity index (χ3v) is 3.40. The van der Waals surface area contributed by atoms with Crippen LogP contribution in [0.4, 0.5) is 0 Å². The summed E-state index contributed by atoms with van der Waals surface area (Å²) in [6.45, 7) is 1.89. The maximum absolute atomic E-state index is 11.4. The lowest BCUT2D eigenvalue weighted by molar-refractivity contribution is 0.102. The van der Waals surface area contributed by atoms with Crippen LogP contribution in [0.25, 0.3) is 0 Å². The molecule has 0 atom stereocenters. The van der Waals surface area contributed by atoms with Crippen LogP contribution in [-0.2, 0) is 0 Å². The highest BCUT2D eigenvalue weighted by Crippen LogP contribution is 2.26. The number of hydrogen-bond acceptors (Lipinski definition) is 1. The number of ketones is 1. The smallest absolute Gasteiger partial charge is 0.173 e. The third-order valence-electron chi connectivity index (χ3n) is 1.69. The highest BCUT2D eigenvalue weighted by Gasteiger charge is 2.09. The van der Waals surface area contributed by atoms with Crippen molar-refractivity contribution >= 4 is 49.2 Å². The van der Waals surface area contributed by atoms with E-state index in [9.17, 15) is 4.79 Å². The van der Waals surface area contributed by atoms with Crippen LogP contribution in [0.2, 0.25) is 5.02 Å². The molecule has 4 heteroatoms. The molecule has 0 bridgehead atoms. The first-order chi connectivity index (χ1) is 6.06. The fraction of sp³-hybridized carbons (Fsp3) is 0.222. The minimum atomic E-state index is 0.0481. The van der Waals surface area contributed by atoms with Gasteiger partial charge in [0, 0.05) is 10.0 Å². The van der Waals surface area contributed by atoms with Crippen LogP contribution in [0.1, 0.15) is 15.9 Å². The van der Waals surface area contributed by atoms with E-state index in [1.165, 1.54) is 0 Å². The van der Waals surface area contributed by atoms with Crippen molar-refractivity contribution in [2.24, 2.45) is 0 Å². The summed E-state index contributed by atoms with van der Waals surface area (Å²) in [5.41, 5.74) is 1.60. The summed E-state index contributed by atoms with van der Waals surface area (Å²) in [7, 11) is 0. The van der Waals surface area contributed by atoms with E-state index in [0.29, 0.717) is 15.9 Å². The van der Waals surface area contributed by atoms with Crippen molar-refractivity contribution in [3.05, 3.63) is 32.8 Å². The van der Waals surface area contributed by atoms with Gasteiger partial charge in [0.15, 0.2) is 5.78 Å². The molecule has 0 spiro atoms. The molecule has 0 unspecified atom stereocenters. The molecule has 0 aliphatic rings. The molecule has 0 fully saturated rings. The molecule has 1 rings (SSSR count). The van der Waals surface area contributed by atoms with Crippen molar-refractivity contribution in [1.29, 1.82) is 0 Å². The zero-order valence-electron chi connectivity index (χ0n) is 6.90. The van der Waals surface area contributed by atoms with Crippen molar-refractivity contribution in [2.75, 3.05) is 5.33 Å². The minimum Gasteiger partial charge on any atom is -0.293 e. The number of benzene rings is 1. The fourth-order valence-electron chi connectivity index (χ4n) is 1.02. The van der Waals surface area contributed by atoms with E-state index in [1.807, 2.05) is 13.0 Å². The Morgan fingerprint density at radius 3 is 2.69 bits per heavy atom. The number of halogens is 3. The van der Waals surface area contributed by atoms with E-state index >= 15 is 0 Å². The molecule has 13 heavy (non-hydrogen) atoms. The average molecular weight is 326 g/mol. The molecule has 0 aliphatic heterocycles. The number of aryl methyl sites for hydroxylation is 1. The van der Waals surface area contributed by atoms with Crippen LogP contribution in [-0.4, -0.2) is 11.1 Å². The van der Waals surface area contributed by atoms with Crippen LogP contribution in [0.5, 0.6) is 0 Å². The zero-order valence-corrected chi connectivity index (χ0v) is 10.8. The summed E-state index contributed by atoms with van der Waals surface area (Å²) >= 11 is 12.3. The van der Waals surface area contributed by atoms with Crippen LogP contribution in [0, 0.1) is 6.92 Å². The molecule has 0 amide bonds. The Hall–Kier alpha value is 0.140. The van der Waals surface area contributed by atoms with Gasteiger partial charge in [0.1, 0.15) is 0 Å². The Bertz CT molecular complexity index is 350. The first-order valence-corrected chi connectivity index (χ1v) is 5.90. The molecule has 1 aromatic rings. The lowest BCUT2D eigenvalue weighted by atomic mass is 10.1. The monoisotopic (exact) mass is 324 g/mol. The van der Waals surface area contributed by atoms with Crippen molar-refractivity contribution in [3.63, 3.8) is 0 Å². The van der Waals surface area contributed by atoms with Gasteiger partial charge in [-0.3, -0.25) is 4.79 Å². The highest BCUT2D eigenvalue weighted by atomic mass is 79.9. The van der Waals surface area contributed by atoms with Gasteiger partial charge < -0.3 is 0 Å². The second kappa shape index (κ2) is 4.58. The number of Topliss-reactive ketones (excluding diaryl/α,β-unsaturated/α-hetero) is 1. The van der Waals surface area contributed by atoms with E-state index < -0.39 is 0 Å². The summed E-state index contributed by atoms with van der Waals surface area (Å²) in [4.78, 5) is 11.4. The number of hydrogen-bond donors (Lipinski definition) is 0. The highest BCUT2D eigenvalue weighted by molar-refractivity contribution is 9.10. The molecule has 1 nitrogen and oxygen atoms in total. The Labute approximate surface area is 98.7 Å². The summed E-state index contributed by atoms with van der Waals surface area (Å²) in [5.74, 6) is 0.0481. The largest absolute Gasteiger partial charge is 0.293 e. The van der Waals surface area contributed by atoms with Crippen molar-refractivity contribution < 1.29 is 4.79 Å². The Morgan fingerprint density at radius 2 is 2.15 bits per heavy atom. The first kappa shape index (κ1) is 11.2. The maximum atomic E-state index is 11.4. The van der Waals surface area contributed by atoms with Crippen LogP contribution in [0.3, 0.4) is 0 Å². The molecule has 70 valence electrons. The van der Waals surface area contributed by atoms with Crippen molar-refractivity contribution in [1.82, 2.24) is 0 Å². The summed E-state index contributed by atoms with van der Waals surface area (Å²) in [6.07, 6.45) is 0. The molecule has 0 saturated heterocycles. The summed E-state index contributed by atoms with van der Waals surface area (Å²) < 4.78 is 0.817. The molecule has 0 N–H and O–H groups in total. The minimum absolute atomic E-state index is 0.0481. The molecule has 0 aromatic heterocycles. The first-order valence-electron chi connectivity index (χ1n) is 3.61. The zero-order chi connectivity index (χ0) is 10.0. The lowest BCUT2D eigenvalue weighted by Crippen LogP contribution is -2.02. The van der Waals surface area contributed by atoms with Gasteiger partial charge in [-0.05, 0) is 40.5 Å². The van der Waals surface area contributed by atoms with Crippen LogP contribution < -0.4 is 0 Å². The second-order valence-corrected chi connectivity index (χ2v) is 4.46. The third kappa shape index (κ3) is 2.55. The predicted molar refractivity (Wildman–Crippen MR) is 62.0 cm³/mol. The van der Waals surface area contributed by atoms with Gasteiger partial charge in [-0.2, -0.15) is 0 Å². The van der Waals surface area contributed by atoms with Gasteiger partial charge in [0.05, 0.1) is 10.4 Å².